The first-order valence-corrected chi connectivity index (χ1v) is 22.2. The van der Waals surface area contributed by atoms with Gasteiger partial charge in [0.2, 0.25) is 0 Å². The summed E-state index contributed by atoms with van der Waals surface area (Å²) in [7, 11) is -15.3. The van der Waals surface area contributed by atoms with Gasteiger partial charge in [0, 0.05) is 43.3 Å². The van der Waals surface area contributed by atoms with Crippen LogP contribution in [0.25, 0.3) is 44.6 Å². The molecule has 0 aliphatic rings. The van der Waals surface area contributed by atoms with Crippen LogP contribution in [0, 0.1) is 0 Å². The van der Waals surface area contributed by atoms with Crippen molar-refractivity contribution in [3.8, 4) is 45.8 Å². The first kappa shape index (κ1) is 44.0. The van der Waals surface area contributed by atoms with Crippen LogP contribution in [-0.4, -0.2) is 79.0 Å². The molecule has 0 atom stereocenters. The van der Waals surface area contributed by atoms with E-state index in [1.807, 2.05) is 0 Å². The Kier molecular flexibility index (Phi) is 12.1. The number of nitrogens with zero attached hydrogens (tertiary/aromatic N) is 7. The summed E-state index contributed by atoms with van der Waals surface area (Å²) in [5.41, 5.74) is -0.299. The molecule has 23 nitrogen and oxygen atoms in total. The highest BCUT2D eigenvalue weighted by molar-refractivity contribution is 7.81. The summed E-state index contributed by atoms with van der Waals surface area (Å²) >= 11 is 0. The second-order valence-corrected chi connectivity index (χ2v) is 16.5. The Morgan fingerprint density at radius 2 is 1.06 bits per heavy atom. The van der Waals surface area contributed by atoms with Gasteiger partial charge >= 0.3 is 37.2 Å². The predicted octanol–water partition coefficient (Wildman–Crippen LogP) is 3.03. The maximum Gasteiger partial charge on any atom is 0.446 e. The molecule has 63 heavy (non-hydrogen) atoms. The Hall–Kier alpha value is -7.10. The molecule has 328 valence electrons. The summed E-state index contributed by atoms with van der Waals surface area (Å²) < 4.78 is 120. The number of aryl methyl sites for hydroxylation is 1. The molecule has 0 bridgehead atoms. The molecule has 0 aliphatic heterocycles. The van der Waals surface area contributed by atoms with Crippen LogP contribution in [0.3, 0.4) is 0 Å². The minimum Gasteiger partial charge on any atom is -0.427 e. The van der Waals surface area contributed by atoms with E-state index in [1.165, 1.54) is 39.7 Å². The fourth-order valence-corrected chi connectivity index (χ4v) is 7.51. The molecular weight excluding hydrogens is 895 g/mol. The first-order valence-electron chi connectivity index (χ1n) is 18.1. The summed E-state index contributed by atoms with van der Waals surface area (Å²) in [5.74, 6) is -2.73. The van der Waals surface area contributed by atoms with Gasteiger partial charge in [-0.2, -0.15) is 25.3 Å². The quantitative estimate of drug-likeness (QED) is 0.0543. The van der Waals surface area contributed by atoms with Gasteiger partial charge in [-0.25, -0.2) is 9.97 Å². The molecule has 0 saturated heterocycles. The van der Waals surface area contributed by atoms with Crippen LogP contribution < -0.4 is 28.4 Å². The Morgan fingerprint density at radius 1 is 0.619 bits per heavy atom. The van der Waals surface area contributed by atoms with Gasteiger partial charge in [0.15, 0.2) is 0 Å². The number of fused-ring (bicyclic) bond motifs is 2. The van der Waals surface area contributed by atoms with E-state index in [1.54, 1.807) is 36.4 Å². The van der Waals surface area contributed by atoms with Crippen molar-refractivity contribution in [3.63, 3.8) is 0 Å². The first-order chi connectivity index (χ1) is 29.7. The molecule has 26 heteroatoms. The molecule has 0 spiro atoms. The Morgan fingerprint density at radius 3 is 1.57 bits per heavy atom. The molecule has 0 saturated carbocycles. The van der Waals surface area contributed by atoms with E-state index in [0.29, 0.717) is 18.4 Å². The van der Waals surface area contributed by atoms with Crippen LogP contribution in [0.5, 0.6) is 23.0 Å². The molecule has 0 aliphatic carbocycles. The lowest BCUT2D eigenvalue weighted by Gasteiger charge is -2.15. The number of benzene rings is 4. The summed E-state index contributed by atoms with van der Waals surface area (Å²) in [5, 5.41) is 8.79. The fourth-order valence-electron chi connectivity index (χ4n) is 6.49. The fraction of sp³-hybridized carbons (Fsp3) is 0.162. The van der Waals surface area contributed by atoms with Crippen molar-refractivity contribution >= 4 is 59.0 Å². The van der Waals surface area contributed by atoms with Gasteiger partial charge in [0.1, 0.15) is 40.3 Å². The summed E-state index contributed by atoms with van der Waals surface area (Å²) in [6, 6.07) is 19.2. The summed E-state index contributed by atoms with van der Waals surface area (Å²) in [6.07, 6.45) is 2.27. The monoisotopic (exact) mass is 925 g/mol. The number of ether oxygens (including phenoxy) is 1. The topological polar surface area (TPSA) is 318 Å². The molecule has 0 amide bonds. The number of carbonyl (C=O) groups is 1. The van der Waals surface area contributed by atoms with Crippen molar-refractivity contribution in [2.75, 3.05) is 0 Å². The van der Waals surface area contributed by atoms with Crippen LogP contribution >= 0.6 is 0 Å². The average Bonchev–Trinajstić information content (AvgIpc) is 3.62. The van der Waals surface area contributed by atoms with E-state index in [4.69, 9.17) is 4.74 Å². The molecule has 0 unspecified atom stereocenters. The number of aromatic nitrogens is 7. The zero-order valence-electron chi connectivity index (χ0n) is 32.2. The summed E-state index contributed by atoms with van der Waals surface area (Å²) in [6.45, 7) is 1.16. The minimum absolute atomic E-state index is 0.0629. The number of esters is 1. The number of unbranched alkanes of at least 4 members (excludes halogenated alkanes) is 1. The molecule has 0 radical (unpaired) electrons. The van der Waals surface area contributed by atoms with E-state index in [-0.39, 0.29) is 70.1 Å². The molecule has 3 heterocycles. The van der Waals surface area contributed by atoms with Gasteiger partial charge < -0.3 is 17.3 Å². The Bertz CT molecular complexity index is 3360. The van der Waals surface area contributed by atoms with Gasteiger partial charge in [-0.3, -0.25) is 41.9 Å². The van der Waals surface area contributed by atoms with Crippen LogP contribution in [0.4, 0.5) is 0 Å². The average molecular weight is 926 g/mol. The summed E-state index contributed by atoms with van der Waals surface area (Å²) in [4.78, 5) is 48.8. The van der Waals surface area contributed by atoms with E-state index in [0.717, 1.165) is 35.8 Å². The lowest BCUT2D eigenvalue weighted by atomic mass is 10.1. The van der Waals surface area contributed by atoms with Crippen LogP contribution in [0.1, 0.15) is 25.5 Å². The number of para-hydroxylation sites is 2. The third-order valence-corrected chi connectivity index (χ3v) is 10.0. The van der Waals surface area contributed by atoms with Gasteiger partial charge in [-0.1, -0.05) is 29.5 Å². The zero-order chi connectivity index (χ0) is 45.3. The van der Waals surface area contributed by atoms with Crippen LogP contribution in [0.15, 0.2) is 101 Å². The van der Waals surface area contributed by atoms with Crippen LogP contribution in [-0.2, 0) is 55.6 Å². The predicted molar refractivity (Wildman–Crippen MR) is 219 cm³/mol. The van der Waals surface area contributed by atoms with Gasteiger partial charge in [-0.15, -0.1) is 5.10 Å². The Labute approximate surface area is 355 Å². The number of carbonyl (C=O) groups excluding carboxylic acids is 1. The lowest BCUT2D eigenvalue weighted by molar-refractivity contribution is -0.131. The van der Waals surface area contributed by atoms with Crippen molar-refractivity contribution in [2.45, 2.75) is 39.4 Å². The maximum absolute atomic E-state index is 13.9. The van der Waals surface area contributed by atoms with Crippen molar-refractivity contribution < 1.29 is 61.0 Å². The highest BCUT2D eigenvalue weighted by Crippen LogP contribution is 2.32. The lowest BCUT2D eigenvalue weighted by Crippen LogP contribution is -2.24. The molecule has 0 fully saturated rings. The van der Waals surface area contributed by atoms with E-state index in [2.05, 4.69) is 32.8 Å². The van der Waals surface area contributed by atoms with Crippen molar-refractivity contribution in [3.05, 3.63) is 118 Å². The van der Waals surface area contributed by atoms with E-state index in [9.17, 15) is 53.3 Å². The van der Waals surface area contributed by atoms with Gasteiger partial charge in [0.25, 0.3) is 11.1 Å². The third kappa shape index (κ3) is 11.1. The molecule has 7 rings (SSSR count). The van der Waals surface area contributed by atoms with Crippen molar-refractivity contribution in [2.24, 2.45) is 0 Å². The molecule has 4 aromatic carbocycles. The second kappa shape index (κ2) is 17.3. The standard InChI is InChI=1S/C37H31N7O16S3/c1-22(45)57-26-14-23(15-27(18-26)58-61(48,49)50)34-38-32-10-4-2-8-30(32)36(46)43(34)13-7-6-12-42-20-25(40-41-42)21-44-35(39-33-11-5-3-9-31(33)37(44)47)24-16-28(59-62(51,52)53)19-29(17-24)60-63(54,55)56/h2-5,8-11,14-20H,6-7,12-13,21H2,1H3,(H,48,49,50)(H,51,52,53)(H,54,55,56). The molecule has 3 N–H and O–H groups in total. The van der Waals surface area contributed by atoms with Gasteiger partial charge in [0.05, 0.1) is 34.5 Å². The second-order valence-electron chi connectivity index (χ2n) is 13.4. The van der Waals surface area contributed by atoms with E-state index >= 15 is 0 Å². The minimum atomic E-state index is -5.14. The zero-order valence-corrected chi connectivity index (χ0v) is 34.6. The Balaban J connectivity index is 1.17. The largest absolute Gasteiger partial charge is 0.446 e. The number of rotatable bonds is 16. The van der Waals surface area contributed by atoms with Crippen molar-refractivity contribution in [1.29, 1.82) is 0 Å². The third-order valence-electron chi connectivity index (χ3n) is 8.79. The highest BCUT2D eigenvalue weighted by Gasteiger charge is 2.21. The van der Waals surface area contributed by atoms with E-state index < -0.39 is 65.5 Å². The smallest absolute Gasteiger partial charge is 0.427 e. The maximum atomic E-state index is 13.9. The SMILES string of the molecule is CC(=O)Oc1cc(OS(=O)(=O)O)cc(-c2nc3ccccc3c(=O)n2CCCCn2cc(Cn3c(-c4cc(OS(=O)(=O)O)cc(OS(=O)(=O)O)c4)nc4ccccc4c3=O)nn2)c1. The number of hydrogen-bond donors (Lipinski definition) is 3. The molecule has 3 aromatic heterocycles. The highest BCUT2D eigenvalue weighted by atomic mass is 32.3. The molecule has 7 aromatic rings. The van der Waals surface area contributed by atoms with Crippen LogP contribution in [0.2, 0.25) is 0 Å². The normalized spacial score (nSPS) is 12.1. The van der Waals surface area contributed by atoms with Gasteiger partial charge in [-0.05, 0) is 61.4 Å². The van der Waals surface area contributed by atoms with Crippen molar-refractivity contribution in [1.82, 2.24) is 34.1 Å². The number of hydrogen-bond acceptors (Lipinski definition) is 17. The molecular formula is C37H31N7O16S3.